The Morgan fingerprint density at radius 3 is 1.27 bits per heavy atom. The second kappa shape index (κ2) is 10.6. The molecular formula is C32H26N2O6. The molecule has 0 fully saturated rings. The molecule has 5 aromatic carbocycles. The molecule has 0 saturated carbocycles. The van der Waals surface area contributed by atoms with Crippen molar-refractivity contribution in [3.63, 3.8) is 0 Å². The summed E-state index contributed by atoms with van der Waals surface area (Å²) in [6.07, 6.45) is -1.69. The fourth-order valence-corrected chi connectivity index (χ4v) is 4.89. The fraction of sp³-hybridized carbons (Fsp3) is 0.250. The molecular weight excluding hydrogens is 508 g/mol. The highest BCUT2D eigenvalue weighted by Crippen LogP contribution is 2.46. The van der Waals surface area contributed by atoms with E-state index in [1.807, 2.05) is 52.0 Å². The van der Waals surface area contributed by atoms with E-state index in [0.29, 0.717) is 21.9 Å². The first-order chi connectivity index (χ1) is 19.2. The number of ether oxygens (including phenoxy) is 4. The zero-order valence-corrected chi connectivity index (χ0v) is 22.5. The molecule has 0 aliphatic rings. The maximum atomic E-state index is 12.4. The van der Waals surface area contributed by atoms with Gasteiger partial charge in [-0.1, -0.05) is 39.8 Å². The number of rotatable bonds is 6. The Morgan fingerprint density at radius 1 is 0.600 bits per heavy atom. The molecule has 0 amide bonds. The summed E-state index contributed by atoms with van der Waals surface area (Å²) in [5, 5.41) is 25.5. The summed E-state index contributed by atoms with van der Waals surface area (Å²) in [5.41, 5.74) is 0.682. The van der Waals surface area contributed by atoms with Crippen LogP contribution in [-0.4, -0.2) is 25.5 Å². The van der Waals surface area contributed by atoms with E-state index in [-0.39, 0.29) is 36.5 Å². The van der Waals surface area contributed by atoms with Crippen LogP contribution in [0.1, 0.15) is 38.8 Å². The van der Waals surface area contributed by atoms with Crippen LogP contribution in [0, 0.1) is 34.5 Å². The van der Waals surface area contributed by atoms with Crippen LogP contribution in [0.5, 0.6) is 11.5 Å². The third kappa shape index (κ3) is 4.65. The molecule has 0 aromatic heterocycles. The number of fused-ring (bicyclic) bond motifs is 2. The summed E-state index contributed by atoms with van der Waals surface area (Å²) >= 11 is 0. The Morgan fingerprint density at radius 2 is 0.950 bits per heavy atom. The van der Waals surface area contributed by atoms with Gasteiger partial charge in [0, 0.05) is 21.5 Å². The zero-order chi connectivity index (χ0) is 28.6. The van der Waals surface area contributed by atoms with Crippen molar-refractivity contribution in [2.75, 3.05) is 13.2 Å². The van der Waals surface area contributed by atoms with Crippen LogP contribution in [0.2, 0.25) is 0 Å². The second-order valence-corrected chi connectivity index (χ2v) is 10.4. The molecule has 0 saturated heterocycles. The Kier molecular flexibility index (Phi) is 7.02. The van der Waals surface area contributed by atoms with Gasteiger partial charge in [-0.15, -0.1) is 0 Å². The number of hydrogen-bond acceptors (Lipinski definition) is 8. The monoisotopic (exact) mass is 534 g/mol. The topological polar surface area (TPSA) is 119 Å². The molecule has 0 heterocycles. The smallest absolute Gasteiger partial charge is 0.434 e. The zero-order valence-electron chi connectivity index (χ0n) is 22.5. The second-order valence-electron chi connectivity index (χ2n) is 10.4. The van der Waals surface area contributed by atoms with Gasteiger partial charge in [-0.3, -0.25) is 0 Å². The van der Waals surface area contributed by atoms with E-state index in [2.05, 4.69) is 12.1 Å². The van der Waals surface area contributed by atoms with Gasteiger partial charge in [0.05, 0.1) is 36.5 Å². The Bertz CT molecular complexity index is 1720. The lowest BCUT2D eigenvalue weighted by molar-refractivity contribution is 0.0881. The first kappa shape index (κ1) is 26.5. The average Bonchev–Trinajstić information content (AvgIpc) is 2.94. The Labute approximate surface area is 230 Å². The van der Waals surface area contributed by atoms with Crippen LogP contribution >= 0.6 is 0 Å². The van der Waals surface area contributed by atoms with Gasteiger partial charge in [0.25, 0.3) is 0 Å². The summed E-state index contributed by atoms with van der Waals surface area (Å²) in [5.74, 6) is 0.707. The summed E-state index contributed by atoms with van der Waals surface area (Å²) in [7, 11) is 0. The lowest BCUT2D eigenvalue weighted by atomic mass is 9.87. The SMILES string of the molecule is CC(C)COC(=O)Oc1ccc2c3ccc(OC(=O)OCC(C)C)c4c(C#N)ccc(c5ccc(C#N)c1c52)c43. The summed E-state index contributed by atoms with van der Waals surface area (Å²) in [6, 6.07) is 18.3. The van der Waals surface area contributed by atoms with E-state index in [9.17, 15) is 20.1 Å². The third-order valence-corrected chi connectivity index (χ3v) is 6.52. The van der Waals surface area contributed by atoms with Crippen molar-refractivity contribution in [2.45, 2.75) is 27.7 Å². The largest absolute Gasteiger partial charge is 0.513 e. The van der Waals surface area contributed by atoms with Crippen molar-refractivity contribution in [3.8, 4) is 23.6 Å². The van der Waals surface area contributed by atoms with Gasteiger partial charge >= 0.3 is 12.3 Å². The molecule has 8 nitrogen and oxygen atoms in total. The quantitative estimate of drug-likeness (QED) is 0.0936. The van der Waals surface area contributed by atoms with E-state index in [0.717, 1.165) is 32.3 Å². The fourth-order valence-electron chi connectivity index (χ4n) is 4.89. The Hall–Kier alpha value is -5.08. The number of nitriles is 2. The summed E-state index contributed by atoms with van der Waals surface area (Å²) < 4.78 is 21.6. The van der Waals surface area contributed by atoms with Crippen LogP contribution in [0.25, 0.3) is 43.1 Å². The molecule has 0 spiro atoms. The van der Waals surface area contributed by atoms with Gasteiger partial charge in [0.1, 0.15) is 11.5 Å². The van der Waals surface area contributed by atoms with E-state index < -0.39 is 12.3 Å². The average molecular weight is 535 g/mol. The molecule has 0 radical (unpaired) electrons. The predicted molar refractivity (Wildman–Crippen MR) is 151 cm³/mol. The number of hydrogen-bond donors (Lipinski definition) is 0. The molecule has 0 atom stereocenters. The van der Waals surface area contributed by atoms with Crippen molar-refractivity contribution < 1.29 is 28.5 Å². The molecule has 0 N–H and O–H groups in total. The number of carbonyl (C=O) groups is 2. The maximum absolute atomic E-state index is 12.4. The normalized spacial score (nSPS) is 11.3. The Balaban J connectivity index is 1.76. The summed E-state index contributed by atoms with van der Waals surface area (Å²) in [6.45, 7) is 8.10. The highest BCUT2D eigenvalue weighted by atomic mass is 16.7. The van der Waals surface area contributed by atoms with Crippen LogP contribution in [0.15, 0.2) is 48.5 Å². The van der Waals surface area contributed by atoms with E-state index in [4.69, 9.17) is 18.9 Å². The third-order valence-electron chi connectivity index (χ3n) is 6.52. The first-order valence-corrected chi connectivity index (χ1v) is 12.9. The highest BCUT2D eigenvalue weighted by Gasteiger charge is 2.23. The van der Waals surface area contributed by atoms with Crippen molar-refractivity contribution in [1.82, 2.24) is 0 Å². The molecule has 40 heavy (non-hydrogen) atoms. The number of nitrogens with zero attached hydrogens (tertiary/aromatic N) is 2. The van der Waals surface area contributed by atoms with Crippen molar-refractivity contribution >= 4 is 55.4 Å². The van der Waals surface area contributed by atoms with Gasteiger partial charge in [-0.2, -0.15) is 10.5 Å². The lowest BCUT2D eigenvalue weighted by Gasteiger charge is -2.19. The molecule has 0 aliphatic carbocycles. The highest BCUT2D eigenvalue weighted by molar-refractivity contribution is 6.35. The minimum atomic E-state index is -0.846. The van der Waals surface area contributed by atoms with Crippen LogP contribution in [0.4, 0.5) is 9.59 Å². The molecule has 0 aliphatic heterocycles. The van der Waals surface area contributed by atoms with Crippen molar-refractivity contribution in [3.05, 3.63) is 59.7 Å². The summed E-state index contributed by atoms with van der Waals surface area (Å²) in [4.78, 5) is 24.9. The first-order valence-electron chi connectivity index (χ1n) is 12.9. The molecule has 5 aromatic rings. The van der Waals surface area contributed by atoms with Crippen LogP contribution in [0.3, 0.4) is 0 Å². The lowest BCUT2D eigenvalue weighted by Crippen LogP contribution is -2.14. The minimum Gasteiger partial charge on any atom is -0.434 e. The molecule has 0 unspecified atom stereocenters. The maximum Gasteiger partial charge on any atom is 0.513 e. The van der Waals surface area contributed by atoms with E-state index in [1.165, 1.54) is 0 Å². The molecule has 8 heteroatoms. The molecule has 5 rings (SSSR count). The number of benzene rings is 5. The van der Waals surface area contributed by atoms with E-state index >= 15 is 0 Å². The van der Waals surface area contributed by atoms with Gasteiger partial charge < -0.3 is 18.9 Å². The number of carbonyl (C=O) groups excluding carboxylic acids is 2. The van der Waals surface area contributed by atoms with Crippen LogP contribution in [-0.2, 0) is 9.47 Å². The van der Waals surface area contributed by atoms with Crippen molar-refractivity contribution in [2.24, 2.45) is 11.8 Å². The van der Waals surface area contributed by atoms with Crippen molar-refractivity contribution in [1.29, 1.82) is 10.5 Å². The van der Waals surface area contributed by atoms with Gasteiger partial charge in [-0.05, 0) is 69.8 Å². The molecule has 200 valence electrons. The molecule has 0 bridgehead atoms. The van der Waals surface area contributed by atoms with E-state index in [1.54, 1.807) is 24.3 Å². The minimum absolute atomic E-state index is 0.139. The van der Waals surface area contributed by atoms with Crippen LogP contribution < -0.4 is 9.47 Å². The predicted octanol–water partition coefficient (Wildman–Crippen LogP) is 7.82. The van der Waals surface area contributed by atoms with Gasteiger partial charge in [0.2, 0.25) is 0 Å². The standard InChI is InChI=1S/C32H26N2O6/c1-17(2)15-37-31(35)39-25-11-9-23-24-10-12-26(40-32(36)38-16-18(3)4)28-20(14-34)6-8-22(30(24)28)21-7-5-19(13-33)27(25)29(21)23/h5-12,17-18H,15-16H2,1-4H3. The van der Waals surface area contributed by atoms with Gasteiger partial charge in [-0.25, -0.2) is 9.59 Å². The van der Waals surface area contributed by atoms with Gasteiger partial charge in [0.15, 0.2) is 0 Å².